The van der Waals surface area contributed by atoms with Crippen LogP contribution in [-0.2, 0) is 0 Å². The third-order valence-electron chi connectivity index (χ3n) is 27.7. The number of para-hydroxylation sites is 4. The maximum absolute atomic E-state index is 6.59. The van der Waals surface area contributed by atoms with Gasteiger partial charge in [0.05, 0.1) is 0 Å². The van der Waals surface area contributed by atoms with Gasteiger partial charge >= 0.3 is 0 Å². The minimum atomic E-state index is 0.903. The van der Waals surface area contributed by atoms with Crippen molar-refractivity contribution < 1.29 is 8.83 Å². The second-order valence-electron chi connectivity index (χ2n) is 33.6. The molecular weight excluding hydrogens is 1470 g/mol. The molecule has 2 heterocycles. The van der Waals surface area contributed by atoms with E-state index in [1.165, 1.54) is 218 Å². The molecule has 0 unspecified atom stereocenters. The number of fused-ring (bicyclic) bond motifs is 22. The van der Waals surface area contributed by atoms with E-state index in [0.29, 0.717) is 0 Å². The predicted molar refractivity (Wildman–Crippen MR) is 520 cm³/mol. The summed E-state index contributed by atoms with van der Waals surface area (Å²) in [6.07, 6.45) is 0. The minimum absolute atomic E-state index is 0.903. The molecule has 28 rings (SSSR count). The summed E-state index contributed by atoms with van der Waals surface area (Å²) in [7, 11) is 0. The van der Waals surface area contributed by atoms with Gasteiger partial charge in [0.2, 0.25) is 0 Å². The van der Waals surface area contributed by atoms with E-state index in [1.54, 1.807) is 0 Å². The Morgan fingerprint density at radius 1 is 0.115 bits per heavy atom. The maximum atomic E-state index is 6.59. The van der Waals surface area contributed by atoms with Crippen molar-refractivity contribution >= 4 is 195 Å². The average Bonchev–Trinajstić information content (AvgIpc) is 1.50. The molecule has 0 N–H and O–H groups in total. The molecule has 0 spiro atoms. The SMILES string of the molecule is c1ccc(-c2c3cc4c5ccccc5c5cccc(c3c(-c3ccc(-c6ccc(-c7c8cc9c%10ccccc%10c%10cccc(c8c(-c8ccccc8)c8c%11ccc(-c%12ccc(-c%13cccc%14c%13oc%13ccccc%13%14)cc%12)c%12cccc(c78)c%12%11)c%109)cc6)cc3)c3c6cccc7c(-c8ccc(-c9cccc%10c9oc9ccccc9%10)cc8)ccc(c23)c76)c54)cc1. The molecule has 558 valence electrons. The fourth-order valence-corrected chi connectivity index (χ4v) is 22.6. The van der Waals surface area contributed by atoms with Gasteiger partial charge in [-0.15, -0.1) is 0 Å². The number of hydrogen-bond donors (Lipinski definition) is 0. The van der Waals surface area contributed by atoms with Gasteiger partial charge in [0.1, 0.15) is 22.3 Å². The van der Waals surface area contributed by atoms with Gasteiger partial charge in [-0.2, -0.15) is 0 Å². The first-order valence-electron chi connectivity index (χ1n) is 42.4. The number of benzene rings is 22. The summed E-state index contributed by atoms with van der Waals surface area (Å²) < 4.78 is 13.2. The van der Waals surface area contributed by atoms with Gasteiger partial charge in [0.15, 0.2) is 0 Å². The van der Waals surface area contributed by atoms with Gasteiger partial charge in [-0.05, 0) is 264 Å². The Labute approximate surface area is 699 Å². The fourth-order valence-electron chi connectivity index (χ4n) is 22.6. The van der Waals surface area contributed by atoms with E-state index in [2.05, 4.69) is 388 Å². The molecule has 0 aliphatic carbocycles. The first-order valence-corrected chi connectivity index (χ1v) is 42.4. The molecule has 2 aromatic heterocycles. The molecule has 0 fully saturated rings. The summed E-state index contributed by atoms with van der Waals surface area (Å²) >= 11 is 0. The Bertz CT molecular complexity index is 9320. The van der Waals surface area contributed by atoms with Crippen LogP contribution in [0.3, 0.4) is 0 Å². The molecule has 0 aliphatic rings. The van der Waals surface area contributed by atoms with Crippen LogP contribution >= 0.6 is 0 Å². The lowest BCUT2D eigenvalue weighted by atomic mass is 9.83. The highest BCUT2D eigenvalue weighted by molar-refractivity contribution is 6.48. The van der Waals surface area contributed by atoms with Crippen molar-refractivity contribution in [2.24, 2.45) is 0 Å². The summed E-state index contributed by atoms with van der Waals surface area (Å²) in [4.78, 5) is 0. The van der Waals surface area contributed by atoms with E-state index in [1.807, 2.05) is 12.1 Å². The molecule has 26 aromatic carbocycles. The molecular formula is C120H66O2. The Morgan fingerprint density at radius 3 is 0.795 bits per heavy atom. The second kappa shape index (κ2) is 24.8. The first-order chi connectivity index (χ1) is 60.6. The van der Waals surface area contributed by atoms with Crippen molar-refractivity contribution in [3.8, 4) is 100 Å². The van der Waals surface area contributed by atoms with E-state index >= 15 is 0 Å². The van der Waals surface area contributed by atoms with Crippen LogP contribution in [0.2, 0.25) is 0 Å². The van der Waals surface area contributed by atoms with E-state index in [4.69, 9.17) is 8.83 Å². The van der Waals surface area contributed by atoms with Gasteiger partial charge < -0.3 is 8.83 Å². The van der Waals surface area contributed by atoms with Gasteiger partial charge in [-0.25, -0.2) is 0 Å². The minimum Gasteiger partial charge on any atom is -0.455 e. The average molecular weight is 1540 g/mol. The van der Waals surface area contributed by atoms with E-state index in [0.717, 1.165) is 77.3 Å². The Morgan fingerprint density at radius 2 is 0.377 bits per heavy atom. The van der Waals surface area contributed by atoms with Crippen molar-refractivity contribution in [2.75, 3.05) is 0 Å². The van der Waals surface area contributed by atoms with Crippen molar-refractivity contribution in [3.63, 3.8) is 0 Å². The van der Waals surface area contributed by atoms with Gasteiger partial charge in [0.25, 0.3) is 0 Å². The summed E-state index contributed by atoms with van der Waals surface area (Å²) in [5.41, 5.74) is 24.9. The van der Waals surface area contributed by atoms with E-state index < -0.39 is 0 Å². The van der Waals surface area contributed by atoms with E-state index in [9.17, 15) is 0 Å². The van der Waals surface area contributed by atoms with Crippen LogP contribution in [0, 0.1) is 0 Å². The Hall–Kier alpha value is -16.0. The van der Waals surface area contributed by atoms with Gasteiger partial charge in [-0.1, -0.05) is 376 Å². The Balaban J connectivity index is 0.641. The molecule has 28 aromatic rings. The molecule has 0 amide bonds. The highest BCUT2D eigenvalue weighted by atomic mass is 16.3. The third kappa shape index (κ3) is 9.01. The standard InChI is InChI=1S/C120H66O2/c1-3-21-73(22-4-1)105-101-65-99-83-27-9-7-25-81(83)90-36-20-40-94(112(90)99)114(101)108(117-96-42-18-34-88-77(61-63-97(110(88)96)116(105)117)69-49-53-71(54-50-69)79-31-15-37-91-85-29-11-13-43-103(85)121-119(79)91)76-59-47-68(48-60-76)67-45-57-75(58-46-67)106-102-66-100-84-28-10-8-26-82(84)89-35-19-39-93(111(89)100)113(102)107(74-23-5-2-6-24-74)118-98-64-62-78(87-33-17-41-95(109(87)98)115(106)118)70-51-55-72(56-52-70)80-32-16-38-92-86-30-12-14-44-104(86)122-120(80)92/h1-66H. The van der Waals surface area contributed by atoms with Crippen LogP contribution in [0.25, 0.3) is 295 Å². The first kappa shape index (κ1) is 66.1. The van der Waals surface area contributed by atoms with Crippen LogP contribution < -0.4 is 0 Å². The van der Waals surface area contributed by atoms with Crippen LogP contribution in [0.4, 0.5) is 0 Å². The van der Waals surface area contributed by atoms with Crippen molar-refractivity contribution in [1.82, 2.24) is 0 Å². The van der Waals surface area contributed by atoms with Crippen molar-refractivity contribution in [1.29, 1.82) is 0 Å². The smallest absolute Gasteiger partial charge is 0.143 e. The monoisotopic (exact) mass is 1540 g/mol. The quantitative estimate of drug-likeness (QED) is 0.135. The molecule has 122 heavy (non-hydrogen) atoms. The molecule has 0 saturated carbocycles. The van der Waals surface area contributed by atoms with Gasteiger partial charge in [0, 0.05) is 32.7 Å². The molecule has 0 bridgehead atoms. The lowest BCUT2D eigenvalue weighted by Gasteiger charge is -2.19. The number of hydrogen-bond acceptors (Lipinski definition) is 2. The molecule has 0 radical (unpaired) electrons. The highest BCUT2D eigenvalue weighted by Gasteiger charge is 2.31. The zero-order chi connectivity index (χ0) is 79.3. The molecule has 0 saturated heterocycles. The van der Waals surface area contributed by atoms with Crippen molar-refractivity contribution in [3.05, 3.63) is 400 Å². The summed E-state index contributed by atoms with van der Waals surface area (Å²) in [6.45, 7) is 0. The highest BCUT2D eigenvalue weighted by Crippen LogP contribution is 2.59. The third-order valence-corrected chi connectivity index (χ3v) is 27.7. The van der Waals surface area contributed by atoms with Crippen LogP contribution in [-0.4, -0.2) is 0 Å². The lowest BCUT2D eigenvalue weighted by molar-refractivity contribution is 0.669. The maximum Gasteiger partial charge on any atom is 0.143 e. The Kier molecular flexibility index (Phi) is 13.4. The molecule has 2 nitrogen and oxygen atoms in total. The zero-order valence-corrected chi connectivity index (χ0v) is 65.9. The topological polar surface area (TPSA) is 26.3 Å². The zero-order valence-electron chi connectivity index (χ0n) is 65.9. The molecule has 0 aliphatic heterocycles. The van der Waals surface area contributed by atoms with Crippen molar-refractivity contribution in [2.45, 2.75) is 0 Å². The normalized spacial score (nSPS) is 12.4. The van der Waals surface area contributed by atoms with Gasteiger partial charge in [-0.3, -0.25) is 0 Å². The summed E-state index contributed by atoms with van der Waals surface area (Å²) in [6, 6.07) is 151. The largest absolute Gasteiger partial charge is 0.455 e. The predicted octanol–water partition coefficient (Wildman–Crippen LogP) is 34.4. The second-order valence-corrected chi connectivity index (χ2v) is 33.6. The van der Waals surface area contributed by atoms with E-state index in [-0.39, 0.29) is 0 Å². The van der Waals surface area contributed by atoms with Crippen LogP contribution in [0.15, 0.2) is 409 Å². The summed E-state index contributed by atoms with van der Waals surface area (Å²) in [5.74, 6) is 0. The fraction of sp³-hybridized carbons (Fsp3) is 0. The number of furan rings is 2. The molecule has 2 heteroatoms. The lowest BCUT2D eigenvalue weighted by Crippen LogP contribution is -1.92. The van der Waals surface area contributed by atoms with Crippen LogP contribution in [0.5, 0.6) is 0 Å². The summed E-state index contributed by atoms with van der Waals surface area (Å²) in [5, 5.41) is 40.2. The number of rotatable bonds is 9. The molecule has 0 atom stereocenters. The van der Waals surface area contributed by atoms with Crippen LogP contribution in [0.1, 0.15) is 0 Å².